The topological polar surface area (TPSA) is 110 Å². The van der Waals surface area contributed by atoms with Gasteiger partial charge in [0.2, 0.25) is 17.7 Å². The molecule has 2 fully saturated rings. The summed E-state index contributed by atoms with van der Waals surface area (Å²) in [6, 6.07) is 12.2. The molecule has 0 radical (unpaired) electrons. The van der Waals surface area contributed by atoms with E-state index < -0.39 is 47.6 Å². The summed E-state index contributed by atoms with van der Waals surface area (Å²) in [5.74, 6) is -4.08. The number of anilines is 2. The van der Waals surface area contributed by atoms with Gasteiger partial charge < -0.3 is 15.4 Å². The monoisotopic (exact) mass is 417 g/mol. The van der Waals surface area contributed by atoms with Gasteiger partial charge in [-0.1, -0.05) is 42.5 Å². The molecule has 31 heavy (non-hydrogen) atoms. The summed E-state index contributed by atoms with van der Waals surface area (Å²) in [5, 5.41) is 0. The van der Waals surface area contributed by atoms with Crippen molar-refractivity contribution in [2.45, 2.75) is 12.1 Å². The molecule has 0 aliphatic carbocycles. The molecule has 8 nitrogen and oxygen atoms in total. The van der Waals surface area contributed by atoms with Crippen LogP contribution in [0.4, 0.5) is 11.4 Å². The van der Waals surface area contributed by atoms with Gasteiger partial charge >= 0.3 is 5.97 Å². The molecule has 0 aromatic heterocycles. The summed E-state index contributed by atoms with van der Waals surface area (Å²) in [5.41, 5.74) is 7.64. The number of hydrogen-bond acceptors (Lipinski definition) is 6. The number of para-hydroxylation sites is 2. The molecule has 2 aromatic rings. The second-order valence-electron chi connectivity index (χ2n) is 7.74. The van der Waals surface area contributed by atoms with Gasteiger partial charge in [0.25, 0.3) is 0 Å². The van der Waals surface area contributed by atoms with E-state index in [2.05, 4.69) is 0 Å². The van der Waals surface area contributed by atoms with Gasteiger partial charge in [-0.05, 0) is 23.8 Å². The summed E-state index contributed by atoms with van der Waals surface area (Å²) < 4.78 is 4.80. The molecule has 0 saturated carbocycles. The molecule has 8 heteroatoms. The number of rotatable bonds is 3. The molecule has 3 heterocycles. The van der Waals surface area contributed by atoms with Gasteiger partial charge in [0.05, 0.1) is 36.2 Å². The van der Waals surface area contributed by atoms with Crippen molar-refractivity contribution in [2.24, 2.45) is 17.6 Å². The van der Waals surface area contributed by atoms with E-state index >= 15 is 0 Å². The third kappa shape index (κ3) is 2.54. The van der Waals surface area contributed by atoms with Crippen molar-refractivity contribution in [1.82, 2.24) is 0 Å². The van der Waals surface area contributed by atoms with E-state index in [-0.39, 0.29) is 11.3 Å². The Hall–Kier alpha value is -3.94. The van der Waals surface area contributed by atoms with E-state index in [1.165, 1.54) is 19.2 Å². The Labute approximate surface area is 177 Å². The Morgan fingerprint density at radius 3 is 2.29 bits per heavy atom. The minimum absolute atomic E-state index is 0.101. The number of benzene rings is 2. The molecule has 0 spiro atoms. The molecule has 4 atom stereocenters. The summed E-state index contributed by atoms with van der Waals surface area (Å²) >= 11 is 0. The molecule has 4 unspecified atom stereocenters. The van der Waals surface area contributed by atoms with Gasteiger partial charge in [0, 0.05) is 5.69 Å². The van der Waals surface area contributed by atoms with Gasteiger partial charge in [-0.15, -0.1) is 0 Å². The number of imide groups is 1. The third-order valence-corrected chi connectivity index (χ3v) is 6.26. The number of amides is 3. The average Bonchev–Trinajstić information content (AvgIpc) is 3.26. The maximum atomic E-state index is 13.5. The Bertz CT molecular complexity index is 1170. The van der Waals surface area contributed by atoms with Crippen LogP contribution >= 0.6 is 0 Å². The molecule has 2 N–H and O–H groups in total. The van der Waals surface area contributed by atoms with Crippen molar-refractivity contribution < 1.29 is 23.9 Å². The highest BCUT2D eigenvalue weighted by Gasteiger charge is 2.64. The van der Waals surface area contributed by atoms with Crippen molar-refractivity contribution in [3.8, 4) is 0 Å². The van der Waals surface area contributed by atoms with E-state index in [9.17, 15) is 19.2 Å². The lowest BCUT2D eigenvalue weighted by atomic mass is 9.88. The number of primary amides is 1. The van der Waals surface area contributed by atoms with E-state index in [1.54, 1.807) is 17.0 Å². The molecule has 5 rings (SSSR count). The number of nitrogens with two attached hydrogens (primary N) is 1. The van der Waals surface area contributed by atoms with Crippen LogP contribution in [0.2, 0.25) is 0 Å². The molecule has 156 valence electrons. The Balaban J connectivity index is 1.63. The SMILES string of the molecule is COC(=O)c1ccccc1N1C(=O)C2C(C1=O)C(C(N)=O)N1c3ccccc3C=CC21. The van der Waals surface area contributed by atoms with Crippen LogP contribution in [0, 0.1) is 11.8 Å². The smallest absolute Gasteiger partial charge is 0.339 e. The molecule has 2 saturated heterocycles. The fourth-order valence-electron chi connectivity index (χ4n) is 5.03. The van der Waals surface area contributed by atoms with Gasteiger partial charge in [-0.3, -0.25) is 14.4 Å². The zero-order chi connectivity index (χ0) is 21.9. The largest absolute Gasteiger partial charge is 0.465 e. The highest BCUT2D eigenvalue weighted by Crippen LogP contribution is 2.49. The normalized spacial score (nSPS) is 25.8. The van der Waals surface area contributed by atoms with Crippen molar-refractivity contribution in [3.63, 3.8) is 0 Å². The first-order chi connectivity index (χ1) is 15.0. The fraction of sp³-hybridized carbons (Fsp3) is 0.217. The average molecular weight is 417 g/mol. The van der Waals surface area contributed by atoms with E-state index in [0.29, 0.717) is 0 Å². The number of hydrogen-bond donors (Lipinski definition) is 1. The lowest BCUT2D eigenvalue weighted by Gasteiger charge is -2.36. The molecular weight excluding hydrogens is 398 g/mol. The van der Waals surface area contributed by atoms with E-state index in [1.807, 2.05) is 36.4 Å². The minimum atomic E-state index is -0.979. The Morgan fingerprint density at radius 2 is 1.58 bits per heavy atom. The Kier molecular flexibility index (Phi) is 4.18. The lowest BCUT2D eigenvalue weighted by molar-refractivity contribution is -0.127. The van der Waals surface area contributed by atoms with Crippen LogP contribution in [-0.4, -0.2) is 42.9 Å². The molecule has 3 amide bonds. The van der Waals surface area contributed by atoms with Crippen LogP contribution < -0.4 is 15.5 Å². The predicted molar refractivity (Wildman–Crippen MR) is 112 cm³/mol. The summed E-state index contributed by atoms with van der Waals surface area (Å²) in [6.07, 6.45) is 3.73. The number of fused-ring (bicyclic) bond motifs is 5. The van der Waals surface area contributed by atoms with Crippen LogP contribution in [0.25, 0.3) is 6.08 Å². The van der Waals surface area contributed by atoms with Crippen molar-refractivity contribution in [3.05, 3.63) is 65.7 Å². The summed E-state index contributed by atoms with van der Waals surface area (Å²) in [7, 11) is 1.23. The number of carbonyl (C=O) groups is 4. The number of methoxy groups -OCH3 is 1. The zero-order valence-electron chi connectivity index (χ0n) is 16.6. The number of esters is 1. The second kappa shape index (κ2) is 6.80. The lowest BCUT2D eigenvalue weighted by Crippen LogP contribution is -2.51. The van der Waals surface area contributed by atoms with Gasteiger partial charge in [-0.25, -0.2) is 9.69 Å². The maximum absolute atomic E-state index is 13.5. The predicted octanol–water partition coefficient (Wildman–Crippen LogP) is 1.35. The van der Waals surface area contributed by atoms with Crippen LogP contribution in [0.1, 0.15) is 15.9 Å². The van der Waals surface area contributed by atoms with Crippen LogP contribution in [0.15, 0.2) is 54.6 Å². The highest BCUT2D eigenvalue weighted by molar-refractivity contribution is 6.26. The minimum Gasteiger partial charge on any atom is -0.465 e. The third-order valence-electron chi connectivity index (χ3n) is 6.26. The molecular formula is C23H19N3O5. The fourth-order valence-corrected chi connectivity index (χ4v) is 5.03. The molecule has 3 aliphatic rings. The summed E-state index contributed by atoms with van der Waals surface area (Å²) in [4.78, 5) is 54.6. The molecule has 2 aromatic carbocycles. The number of ether oxygens (including phenoxy) is 1. The van der Waals surface area contributed by atoms with Gasteiger partial charge in [0.1, 0.15) is 6.04 Å². The second-order valence-corrected chi connectivity index (χ2v) is 7.74. The first kappa shape index (κ1) is 19.0. The van der Waals surface area contributed by atoms with Gasteiger partial charge in [-0.2, -0.15) is 0 Å². The highest BCUT2D eigenvalue weighted by atomic mass is 16.5. The first-order valence-corrected chi connectivity index (χ1v) is 9.85. The number of nitrogens with zero attached hydrogens (tertiary/aromatic N) is 2. The van der Waals surface area contributed by atoms with Crippen molar-refractivity contribution in [2.75, 3.05) is 16.9 Å². The Morgan fingerprint density at radius 1 is 0.935 bits per heavy atom. The number of carbonyl (C=O) groups excluding carboxylic acids is 4. The van der Waals surface area contributed by atoms with Crippen LogP contribution in [-0.2, 0) is 19.1 Å². The van der Waals surface area contributed by atoms with Crippen LogP contribution in [0.5, 0.6) is 0 Å². The maximum Gasteiger partial charge on any atom is 0.339 e. The quantitative estimate of drug-likeness (QED) is 0.596. The first-order valence-electron chi connectivity index (χ1n) is 9.85. The zero-order valence-corrected chi connectivity index (χ0v) is 16.6. The molecule has 0 bridgehead atoms. The van der Waals surface area contributed by atoms with Crippen molar-refractivity contribution >= 4 is 41.1 Å². The summed E-state index contributed by atoms with van der Waals surface area (Å²) in [6.45, 7) is 0. The standard InChI is InChI=1S/C23H19N3O5/c1-31-23(30)13-7-3-5-9-15(13)26-21(28)17-16-11-10-12-6-2-4-8-14(12)25(16)19(20(24)27)18(17)22(26)29/h2-11,16-19H,1H3,(H2,24,27). The van der Waals surface area contributed by atoms with Crippen LogP contribution in [0.3, 0.4) is 0 Å². The van der Waals surface area contributed by atoms with Gasteiger partial charge in [0.15, 0.2) is 0 Å². The van der Waals surface area contributed by atoms with Crippen molar-refractivity contribution in [1.29, 1.82) is 0 Å². The van der Waals surface area contributed by atoms with E-state index in [0.717, 1.165) is 16.2 Å². The van der Waals surface area contributed by atoms with E-state index in [4.69, 9.17) is 10.5 Å². The molecule has 3 aliphatic heterocycles.